The molecule has 0 saturated heterocycles. The zero-order valence-electron chi connectivity index (χ0n) is 8.05. The molecule has 0 radical (unpaired) electrons. The summed E-state index contributed by atoms with van der Waals surface area (Å²) in [5, 5.41) is 3.11. The van der Waals surface area contributed by atoms with Gasteiger partial charge < -0.3 is 14.2 Å². The van der Waals surface area contributed by atoms with Gasteiger partial charge in [-0.25, -0.2) is 0 Å². The van der Waals surface area contributed by atoms with Crippen molar-refractivity contribution in [1.29, 1.82) is 0 Å². The fourth-order valence-electron chi connectivity index (χ4n) is 1.04. The molecular formula is C9H14N2OS. The predicted octanol–water partition coefficient (Wildman–Crippen LogP) is 2.66. The SMILES string of the molecule is CNc1cc(C)ccc1NSOC. The molecule has 0 aliphatic heterocycles. The van der Waals surface area contributed by atoms with Gasteiger partial charge in [0.2, 0.25) is 0 Å². The Balaban J connectivity index is 2.79. The number of nitrogens with one attached hydrogen (secondary N) is 2. The maximum absolute atomic E-state index is 4.85. The molecule has 0 unspecified atom stereocenters. The lowest BCUT2D eigenvalue weighted by Gasteiger charge is -2.10. The van der Waals surface area contributed by atoms with Crippen molar-refractivity contribution in [3.63, 3.8) is 0 Å². The van der Waals surface area contributed by atoms with E-state index in [1.54, 1.807) is 7.11 Å². The number of hydrogen-bond acceptors (Lipinski definition) is 4. The van der Waals surface area contributed by atoms with Gasteiger partial charge in [-0.15, -0.1) is 0 Å². The number of aryl methyl sites for hydroxylation is 1. The highest BCUT2D eigenvalue weighted by atomic mass is 32.2. The van der Waals surface area contributed by atoms with Crippen LogP contribution in [0.1, 0.15) is 5.56 Å². The molecule has 1 aromatic rings. The lowest BCUT2D eigenvalue weighted by atomic mass is 10.2. The highest BCUT2D eigenvalue weighted by Gasteiger charge is 1.99. The van der Waals surface area contributed by atoms with E-state index >= 15 is 0 Å². The van der Waals surface area contributed by atoms with Crippen LogP contribution in [0.4, 0.5) is 11.4 Å². The molecule has 0 fully saturated rings. The van der Waals surface area contributed by atoms with E-state index in [1.807, 2.05) is 13.1 Å². The summed E-state index contributed by atoms with van der Waals surface area (Å²) < 4.78 is 7.93. The molecule has 3 nitrogen and oxygen atoms in total. The van der Waals surface area contributed by atoms with Gasteiger partial charge in [0.25, 0.3) is 0 Å². The Morgan fingerprint density at radius 1 is 1.31 bits per heavy atom. The highest BCUT2D eigenvalue weighted by molar-refractivity contribution is 7.96. The van der Waals surface area contributed by atoms with Crippen LogP contribution < -0.4 is 10.0 Å². The van der Waals surface area contributed by atoms with Gasteiger partial charge in [0.05, 0.1) is 18.5 Å². The van der Waals surface area contributed by atoms with E-state index in [-0.39, 0.29) is 0 Å². The van der Waals surface area contributed by atoms with E-state index in [1.165, 1.54) is 17.8 Å². The number of anilines is 2. The van der Waals surface area contributed by atoms with Crippen molar-refractivity contribution in [2.24, 2.45) is 0 Å². The van der Waals surface area contributed by atoms with E-state index in [4.69, 9.17) is 4.18 Å². The maximum Gasteiger partial charge on any atom is 0.111 e. The largest absolute Gasteiger partial charge is 0.386 e. The van der Waals surface area contributed by atoms with Gasteiger partial charge in [-0.2, -0.15) is 0 Å². The topological polar surface area (TPSA) is 33.3 Å². The first-order valence-corrected chi connectivity index (χ1v) is 4.76. The van der Waals surface area contributed by atoms with Gasteiger partial charge in [-0.3, -0.25) is 0 Å². The second-order valence-corrected chi connectivity index (χ2v) is 3.36. The average molecular weight is 198 g/mol. The van der Waals surface area contributed by atoms with E-state index in [9.17, 15) is 0 Å². The van der Waals surface area contributed by atoms with Crippen LogP contribution in [0.25, 0.3) is 0 Å². The Labute approximate surface area is 83.2 Å². The fraction of sp³-hybridized carbons (Fsp3) is 0.333. The van der Waals surface area contributed by atoms with Crippen LogP contribution in [0, 0.1) is 6.92 Å². The van der Waals surface area contributed by atoms with Gasteiger partial charge in [0, 0.05) is 7.05 Å². The molecule has 0 atom stereocenters. The van der Waals surface area contributed by atoms with Crippen molar-refractivity contribution in [3.8, 4) is 0 Å². The normalized spacial score (nSPS) is 9.77. The number of benzene rings is 1. The van der Waals surface area contributed by atoms with Crippen molar-refractivity contribution in [1.82, 2.24) is 0 Å². The Morgan fingerprint density at radius 2 is 2.08 bits per heavy atom. The van der Waals surface area contributed by atoms with Crippen LogP contribution in [0.3, 0.4) is 0 Å². The van der Waals surface area contributed by atoms with E-state index in [0.717, 1.165) is 11.4 Å². The summed E-state index contributed by atoms with van der Waals surface area (Å²) in [5.41, 5.74) is 3.34. The van der Waals surface area contributed by atoms with Crippen LogP contribution in [-0.2, 0) is 4.18 Å². The quantitative estimate of drug-likeness (QED) is 0.575. The third-order valence-electron chi connectivity index (χ3n) is 1.68. The first-order chi connectivity index (χ1) is 6.27. The Kier molecular flexibility index (Phi) is 3.92. The summed E-state index contributed by atoms with van der Waals surface area (Å²) in [6.45, 7) is 2.06. The maximum atomic E-state index is 4.85. The van der Waals surface area contributed by atoms with Crippen LogP contribution in [-0.4, -0.2) is 14.2 Å². The van der Waals surface area contributed by atoms with Crippen molar-refractivity contribution in [2.45, 2.75) is 6.92 Å². The average Bonchev–Trinajstić information content (AvgIpc) is 2.16. The summed E-state index contributed by atoms with van der Waals surface area (Å²) in [5.74, 6) is 0. The molecule has 0 amide bonds. The standard InChI is InChI=1S/C9H14N2OS/c1-7-4-5-8(11-13-12-3)9(6-7)10-2/h4-6,10-11H,1-3H3. The first-order valence-electron chi connectivity index (χ1n) is 4.02. The second-order valence-electron chi connectivity index (χ2n) is 2.65. The van der Waals surface area contributed by atoms with Gasteiger partial charge >= 0.3 is 0 Å². The molecule has 4 heteroatoms. The van der Waals surface area contributed by atoms with Crippen molar-refractivity contribution < 1.29 is 4.18 Å². The van der Waals surface area contributed by atoms with Crippen LogP contribution in [0.2, 0.25) is 0 Å². The summed E-state index contributed by atoms with van der Waals surface area (Å²) in [4.78, 5) is 0. The minimum atomic E-state index is 1.03. The van der Waals surface area contributed by atoms with E-state index < -0.39 is 0 Å². The zero-order valence-corrected chi connectivity index (χ0v) is 8.87. The minimum absolute atomic E-state index is 1.03. The van der Waals surface area contributed by atoms with Crippen LogP contribution >= 0.6 is 12.2 Å². The van der Waals surface area contributed by atoms with Gasteiger partial charge in [0.15, 0.2) is 0 Å². The molecule has 1 rings (SSSR count). The molecule has 72 valence electrons. The third-order valence-corrected chi connectivity index (χ3v) is 2.15. The Bertz CT molecular complexity index is 278. The summed E-state index contributed by atoms with van der Waals surface area (Å²) in [7, 11) is 3.53. The Hall–Kier alpha value is -0.870. The molecule has 0 spiro atoms. The molecule has 0 heterocycles. The van der Waals surface area contributed by atoms with Crippen LogP contribution in [0.15, 0.2) is 18.2 Å². The first kappa shape index (κ1) is 10.2. The molecule has 0 aliphatic rings. The summed E-state index contributed by atoms with van der Waals surface area (Å²) in [6.07, 6.45) is 0. The predicted molar refractivity (Wildman–Crippen MR) is 58.9 cm³/mol. The third kappa shape index (κ3) is 2.82. The molecule has 13 heavy (non-hydrogen) atoms. The van der Waals surface area contributed by atoms with E-state index in [2.05, 4.69) is 29.1 Å². The highest BCUT2D eigenvalue weighted by Crippen LogP contribution is 2.24. The summed E-state index contributed by atoms with van der Waals surface area (Å²) >= 11 is 1.21. The minimum Gasteiger partial charge on any atom is -0.386 e. The van der Waals surface area contributed by atoms with Crippen molar-refractivity contribution >= 4 is 23.6 Å². The van der Waals surface area contributed by atoms with Gasteiger partial charge in [-0.1, -0.05) is 6.07 Å². The molecular weight excluding hydrogens is 184 g/mol. The van der Waals surface area contributed by atoms with Crippen molar-refractivity contribution in [3.05, 3.63) is 23.8 Å². The molecule has 0 bridgehead atoms. The fourth-order valence-corrected chi connectivity index (χ4v) is 1.39. The molecule has 0 aromatic heterocycles. The van der Waals surface area contributed by atoms with Gasteiger partial charge in [-0.05, 0) is 24.6 Å². The summed E-state index contributed by atoms with van der Waals surface area (Å²) in [6, 6.07) is 6.16. The molecule has 2 N–H and O–H groups in total. The van der Waals surface area contributed by atoms with Crippen LogP contribution in [0.5, 0.6) is 0 Å². The monoisotopic (exact) mass is 198 g/mol. The zero-order chi connectivity index (χ0) is 9.68. The number of rotatable bonds is 4. The smallest absolute Gasteiger partial charge is 0.111 e. The second kappa shape index (κ2) is 4.99. The molecule has 1 aromatic carbocycles. The van der Waals surface area contributed by atoms with Crippen molar-refractivity contribution in [2.75, 3.05) is 24.2 Å². The van der Waals surface area contributed by atoms with E-state index in [0.29, 0.717) is 0 Å². The number of hydrogen-bond donors (Lipinski definition) is 2. The lowest BCUT2D eigenvalue weighted by Crippen LogP contribution is -1.95. The van der Waals surface area contributed by atoms with Gasteiger partial charge in [0.1, 0.15) is 12.2 Å². The molecule has 0 saturated carbocycles. The Morgan fingerprint density at radius 3 is 2.69 bits per heavy atom. The lowest BCUT2D eigenvalue weighted by molar-refractivity contribution is 0.492. The molecule has 0 aliphatic carbocycles.